The zero-order valence-corrected chi connectivity index (χ0v) is 10.6. The maximum absolute atomic E-state index is 11.9. The van der Waals surface area contributed by atoms with E-state index in [-0.39, 0.29) is 5.78 Å². The van der Waals surface area contributed by atoms with E-state index < -0.39 is 0 Å². The molecule has 0 aromatic carbocycles. The molecular weight excluding hydrogens is 200 g/mol. The molecule has 0 aliphatic rings. The second kappa shape index (κ2) is 5.64. The number of hydrogen-bond acceptors (Lipinski definition) is 2. The normalized spacial score (nSPS) is 11.2. The van der Waals surface area contributed by atoms with E-state index in [1.807, 2.05) is 27.0 Å². The molecule has 0 saturated heterocycles. The molecule has 3 nitrogen and oxygen atoms in total. The number of hydrogen-bond donors (Lipinski definition) is 0. The lowest BCUT2D eigenvalue weighted by Gasteiger charge is -1.96. The molecule has 0 saturated carbocycles. The van der Waals surface area contributed by atoms with Gasteiger partial charge in [0.1, 0.15) is 0 Å². The van der Waals surface area contributed by atoms with Gasteiger partial charge in [-0.1, -0.05) is 25.8 Å². The van der Waals surface area contributed by atoms with Gasteiger partial charge in [0, 0.05) is 12.7 Å². The number of nitrogens with zero attached hydrogens (tertiary/aromatic N) is 2. The molecule has 0 radical (unpaired) electrons. The van der Waals surface area contributed by atoms with E-state index in [0.29, 0.717) is 0 Å². The molecule has 3 heteroatoms. The van der Waals surface area contributed by atoms with Gasteiger partial charge in [-0.3, -0.25) is 9.48 Å². The van der Waals surface area contributed by atoms with Crippen LogP contribution >= 0.6 is 0 Å². The summed E-state index contributed by atoms with van der Waals surface area (Å²) < 4.78 is 1.75. The van der Waals surface area contributed by atoms with Crippen molar-refractivity contribution < 1.29 is 4.79 Å². The minimum absolute atomic E-state index is 0.0687. The molecule has 0 unspecified atom stereocenters. The first kappa shape index (κ1) is 12.7. The van der Waals surface area contributed by atoms with Crippen molar-refractivity contribution in [1.29, 1.82) is 0 Å². The summed E-state index contributed by atoms with van der Waals surface area (Å²) in [6, 6.07) is 0. The van der Waals surface area contributed by atoms with Crippen LogP contribution in [0.15, 0.2) is 12.2 Å². The van der Waals surface area contributed by atoms with Gasteiger partial charge in [-0.15, -0.1) is 0 Å². The molecule has 1 heterocycles. The van der Waals surface area contributed by atoms with Crippen molar-refractivity contribution in [1.82, 2.24) is 9.78 Å². The van der Waals surface area contributed by atoms with Gasteiger partial charge in [-0.25, -0.2) is 0 Å². The lowest BCUT2D eigenvalue weighted by atomic mass is 10.1. The Balaban J connectivity index is 2.77. The van der Waals surface area contributed by atoms with Crippen molar-refractivity contribution in [2.24, 2.45) is 7.05 Å². The first-order chi connectivity index (χ1) is 7.57. The van der Waals surface area contributed by atoms with Crippen LogP contribution in [0.1, 0.15) is 47.9 Å². The molecule has 0 fully saturated rings. The Morgan fingerprint density at radius 2 is 2.12 bits per heavy atom. The molecule has 1 rings (SSSR count). The number of rotatable bonds is 5. The Morgan fingerprint density at radius 1 is 1.44 bits per heavy atom. The van der Waals surface area contributed by atoms with Crippen molar-refractivity contribution in [3.63, 3.8) is 0 Å². The monoisotopic (exact) mass is 220 g/mol. The third-order valence-corrected chi connectivity index (χ3v) is 2.75. The largest absolute Gasteiger partial charge is 0.289 e. The number of ketones is 1. The summed E-state index contributed by atoms with van der Waals surface area (Å²) in [6.45, 7) is 5.94. The highest BCUT2D eigenvalue weighted by molar-refractivity contribution is 6.06. The first-order valence-corrected chi connectivity index (χ1v) is 5.79. The average Bonchev–Trinajstić information content (AvgIpc) is 2.48. The molecular formula is C13H20N2O. The molecule has 0 atom stereocenters. The number of unbranched alkanes of at least 4 members (excludes halogenated alkanes) is 2. The van der Waals surface area contributed by atoms with Gasteiger partial charge < -0.3 is 0 Å². The van der Waals surface area contributed by atoms with Crippen LogP contribution in [-0.2, 0) is 7.05 Å². The van der Waals surface area contributed by atoms with Crippen molar-refractivity contribution in [3.05, 3.63) is 29.1 Å². The third kappa shape index (κ3) is 2.81. The Morgan fingerprint density at radius 3 is 2.62 bits per heavy atom. The molecule has 0 spiro atoms. The van der Waals surface area contributed by atoms with Crippen LogP contribution in [0.3, 0.4) is 0 Å². The highest BCUT2D eigenvalue weighted by atomic mass is 16.1. The summed E-state index contributed by atoms with van der Waals surface area (Å²) in [5.74, 6) is 0.0687. The molecule has 0 N–H and O–H groups in total. The third-order valence-electron chi connectivity index (χ3n) is 2.75. The Hall–Kier alpha value is -1.38. The van der Waals surface area contributed by atoms with E-state index in [0.717, 1.165) is 36.2 Å². The predicted octanol–water partition coefficient (Wildman–Crippen LogP) is 2.97. The summed E-state index contributed by atoms with van der Waals surface area (Å²) in [5.41, 5.74) is 2.49. The van der Waals surface area contributed by atoms with Crippen molar-refractivity contribution in [3.8, 4) is 0 Å². The van der Waals surface area contributed by atoms with E-state index in [1.165, 1.54) is 0 Å². The molecule has 0 aliphatic heterocycles. The molecule has 88 valence electrons. The standard InChI is InChI=1S/C13H20N2O/c1-5-6-7-8-9-12(16)13-10(2)14-15(4)11(13)3/h8-9H,5-7H2,1-4H3/b9-8+. The van der Waals surface area contributed by atoms with Crippen LogP contribution in [-0.4, -0.2) is 15.6 Å². The zero-order chi connectivity index (χ0) is 12.1. The van der Waals surface area contributed by atoms with Crippen LogP contribution < -0.4 is 0 Å². The van der Waals surface area contributed by atoms with E-state index in [4.69, 9.17) is 0 Å². The number of aryl methyl sites for hydroxylation is 2. The van der Waals surface area contributed by atoms with Gasteiger partial charge in [-0.2, -0.15) is 5.10 Å². The molecule has 1 aromatic rings. The molecule has 0 amide bonds. The van der Waals surface area contributed by atoms with Gasteiger partial charge >= 0.3 is 0 Å². The van der Waals surface area contributed by atoms with Crippen LogP contribution in [0.2, 0.25) is 0 Å². The number of carbonyl (C=O) groups excluding carboxylic acids is 1. The van der Waals surface area contributed by atoms with Gasteiger partial charge in [0.25, 0.3) is 0 Å². The topological polar surface area (TPSA) is 34.9 Å². The quantitative estimate of drug-likeness (QED) is 0.434. The minimum atomic E-state index is 0.0687. The Bertz CT molecular complexity index is 402. The second-order valence-corrected chi connectivity index (χ2v) is 4.08. The summed E-state index contributed by atoms with van der Waals surface area (Å²) in [4.78, 5) is 11.9. The highest BCUT2D eigenvalue weighted by Gasteiger charge is 2.14. The van der Waals surface area contributed by atoms with E-state index in [9.17, 15) is 4.79 Å². The lowest BCUT2D eigenvalue weighted by molar-refractivity contribution is 0.104. The SMILES string of the molecule is CCCC/C=C/C(=O)c1c(C)nn(C)c1C. The van der Waals surface area contributed by atoms with Crippen LogP contribution in [0, 0.1) is 13.8 Å². The Labute approximate surface area is 97.2 Å². The van der Waals surface area contributed by atoms with Crippen molar-refractivity contribution >= 4 is 5.78 Å². The summed E-state index contributed by atoms with van der Waals surface area (Å²) in [6.07, 6.45) is 6.89. The zero-order valence-electron chi connectivity index (χ0n) is 10.6. The first-order valence-electron chi connectivity index (χ1n) is 5.79. The molecule has 16 heavy (non-hydrogen) atoms. The maximum atomic E-state index is 11.9. The van der Waals surface area contributed by atoms with Gasteiger partial charge in [0.15, 0.2) is 5.78 Å². The van der Waals surface area contributed by atoms with Crippen LogP contribution in [0.4, 0.5) is 0 Å². The smallest absolute Gasteiger partial charge is 0.189 e. The fraction of sp³-hybridized carbons (Fsp3) is 0.538. The van der Waals surface area contributed by atoms with E-state index >= 15 is 0 Å². The average molecular weight is 220 g/mol. The fourth-order valence-corrected chi connectivity index (χ4v) is 1.73. The predicted molar refractivity (Wildman–Crippen MR) is 65.7 cm³/mol. The second-order valence-electron chi connectivity index (χ2n) is 4.08. The Kier molecular flexibility index (Phi) is 4.47. The fourth-order valence-electron chi connectivity index (χ4n) is 1.73. The summed E-state index contributed by atoms with van der Waals surface area (Å²) >= 11 is 0. The van der Waals surface area contributed by atoms with Gasteiger partial charge in [0.05, 0.1) is 11.3 Å². The maximum Gasteiger partial charge on any atom is 0.189 e. The van der Waals surface area contributed by atoms with Crippen LogP contribution in [0.5, 0.6) is 0 Å². The van der Waals surface area contributed by atoms with E-state index in [2.05, 4.69) is 12.0 Å². The summed E-state index contributed by atoms with van der Waals surface area (Å²) in [7, 11) is 1.86. The molecule has 1 aromatic heterocycles. The number of aromatic nitrogens is 2. The van der Waals surface area contributed by atoms with Crippen molar-refractivity contribution in [2.45, 2.75) is 40.0 Å². The van der Waals surface area contributed by atoms with E-state index in [1.54, 1.807) is 10.8 Å². The lowest BCUT2D eigenvalue weighted by Crippen LogP contribution is -1.99. The van der Waals surface area contributed by atoms with Crippen molar-refractivity contribution in [2.75, 3.05) is 0 Å². The van der Waals surface area contributed by atoms with Gasteiger partial charge in [0.2, 0.25) is 0 Å². The summed E-state index contributed by atoms with van der Waals surface area (Å²) in [5, 5.41) is 4.24. The van der Waals surface area contributed by atoms with Crippen LogP contribution in [0.25, 0.3) is 0 Å². The molecule has 0 aliphatic carbocycles. The minimum Gasteiger partial charge on any atom is -0.289 e. The highest BCUT2D eigenvalue weighted by Crippen LogP contribution is 2.13. The number of carbonyl (C=O) groups is 1. The molecule has 0 bridgehead atoms. The number of allylic oxidation sites excluding steroid dienone is 2. The van der Waals surface area contributed by atoms with Gasteiger partial charge in [-0.05, 0) is 26.3 Å².